The summed E-state index contributed by atoms with van der Waals surface area (Å²) in [5, 5.41) is 15.3. The quantitative estimate of drug-likeness (QED) is 0.789. The Morgan fingerprint density at radius 3 is 2.92 bits per heavy atom. The number of anilines is 1. The lowest BCUT2D eigenvalue weighted by Crippen LogP contribution is -2.25. The molecule has 2 rings (SSSR count). The van der Waals surface area contributed by atoms with Crippen molar-refractivity contribution in [2.45, 2.75) is 18.4 Å². The monoisotopic (exact) mass is 204 g/mol. The number of hydrogen-bond acceptors (Lipinski definition) is 4. The van der Waals surface area contributed by atoms with Gasteiger partial charge in [0.2, 0.25) is 0 Å². The van der Waals surface area contributed by atoms with Crippen LogP contribution in [0, 0.1) is 0 Å². The Bertz CT molecular complexity index is 285. The molecule has 1 aromatic heterocycles. The Kier molecular flexibility index (Phi) is 1.98. The lowest BCUT2D eigenvalue weighted by Gasteiger charge is -2.11. The number of halogens is 1. The lowest BCUT2D eigenvalue weighted by atomic mass is 10.3. The average molecular weight is 205 g/mol. The van der Waals surface area contributed by atoms with Crippen molar-refractivity contribution in [1.29, 1.82) is 0 Å². The van der Waals surface area contributed by atoms with Crippen LogP contribution in [0.3, 0.4) is 0 Å². The lowest BCUT2D eigenvalue weighted by molar-refractivity contribution is 0.266. The van der Waals surface area contributed by atoms with Crippen LogP contribution in [0.1, 0.15) is 12.8 Å². The molecule has 0 aliphatic heterocycles. The summed E-state index contributed by atoms with van der Waals surface area (Å²) in [6.07, 6.45) is 2.03. The van der Waals surface area contributed by atoms with Crippen molar-refractivity contribution < 1.29 is 5.11 Å². The molecule has 0 unspecified atom stereocenters. The van der Waals surface area contributed by atoms with Gasteiger partial charge in [-0.2, -0.15) is 0 Å². The molecule has 0 spiro atoms. The van der Waals surface area contributed by atoms with E-state index in [9.17, 15) is 0 Å². The Morgan fingerprint density at radius 1 is 1.75 bits per heavy atom. The first kappa shape index (κ1) is 8.29. The molecule has 0 aromatic carbocycles. The first-order valence-electron chi connectivity index (χ1n) is 3.74. The standard InChI is InChI=1S/C7H9ClN2OS/c8-5-3-12-6(9-5)10-7(4-11)1-2-7/h3,11H,1-2,4H2,(H,9,10). The molecule has 0 saturated heterocycles. The fourth-order valence-electron chi connectivity index (χ4n) is 1.01. The zero-order valence-corrected chi connectivity index (χ0v) is 7.95. The Labute approximate surface area is 79.4 Å². The Hall–Kier alpha value is -0.320. The van der Waals surface area contributed by atoms with Gasteiger partial charge in [-0.1, -0.05) is 11.6 Å². The van der Waals surface area contributed by atoms with Gasteiger partial charge in [0.05, 0.1) is 12.1 Å². The van der Waals surface area contributed by atoms with Crippen molar-refractivity contribution in [3.05, 3.63) is 10.5 Å². The zero-order chi connectivity index (χ0) is 8.60. The van der Waals surface area contributed by atoms with Crippen molar-refractivity contribution in [1.82, 2.24) is 4.98 Å². The number of aliphatic hydroxyl groups excluding tert-OH is 1. The highest BCUT2D eigenvalue weighted by molar-refractivity contribution is 7.14. The minimum atomic E-state index is -0.0960. The van der Waals surface area contributed by atoms with Crippen molar-refractivity contribution >= 4 is 28.1 Å². The van der Waals surface area contributed by atoms with E-state index in [-0.39, 0.29) is 12.1 Å². The van der Waals surface area contributed by atoms with Crippen LogP contribution in [0.25, 0.3) is 0 Å². The average Bonchev–Trinajstić information content (AvgIpc) is 2.71. The Balaban J connectivity index is 2.04. The van der Waals surface area contributed by atoms with Gasteiger partial charge < -0.3 is 10.4 Å². The summed E-state index contributed by atoms with van der Waals surface area (Å²) < 4.78 is 0. The molecule has 1 fully saturated rings. The summed E-state index contributed by atoms with van der Waals surface area (Å²) in [7, 11) is 0. The van der Waals surface area contributed by atoms with Crippen LogP contribution >= 0.6 is 22.9 Å². The molecule has 0 atom stereocenters. The van der Waals surface area contributed by atoms with E-state index in [2.05, 4.69) is 10.3 Å². The van der Waals surface area contributed by atoms with Crippen molar-refractivity contribution in [2.75, 3.05) is 11.9 Å². The number of aromatic nitrogens is 1. The molecule has 1 heterocycles. The molecular weight excluding hydrogens is 196 g/mol. The second kappa shape index (κ2) is 2.87. The summed E-state index contributed by atoms with van der Waals surface area (Å²) in [6, 6.07) is 0. The van der Waals surface area contributed by atoms with E-state index in [0.29, 0.717) is 5.15 Å². The van der Waals surface area contributed by atoms with Crippen LogP contribution < -0.4 is 5.32 Å². The molecule has 0 bridgehead atoms. The van der Waals surface area contributed by atoms with Crippen LogP contribution in [-0.4, -0.2) is 22.2 Å². The number of nitrogens with zero attached hydrogens (tertiary/aromatic N) is 1. The van der Waals surface area contributed by atoms with Crippen molar-refractivity contribution in [3.8, 4) is 0 Å². The summed E-state index contributed by atoms with van der Waals surface area (Å²) in [5.74, 6) is 0. The first-order chi connectivity index (χ1) is 5.74. The first-order valence-corrected chi connectivity index (χ1v) is 5.00. The maximum Gasteiger partial charge on any atom is 0.184 e. The van der Waals surface area contributed by atoms with Crippen LogP contribution in [0.2, 0.25) is 5.15 Å². The number of rotatable bonds is 3. The fraction of sp³-hybridized carbons (Fsp3) is 0.571. The number of aliphatic hydroxyl groups is 1. The van der Waals surface area contributed by atoms with Gasteiger partial charge >= 0.3 is 0 Å². The topological polar surface area (TPSA) is 45.1 Å². The molecule has 1 aromatic rings. The van der Waals surface area contributed by atoms with E-state index in [0.717, 1.165) is 18.0 Å². The van der Waals surface area contributed by atoms with Crippen LogP contribution in [0.4, 0.5) is 5.13 Å². The second-order valence-electron chi connectivity index (χ2n) is 3.04. The second-order valence-corrected chi connectivity index (χ2v) is 4.28. The van der Waals surface area contributed by atoms with Gasteiger partial charge in [0.25, 0.3) is 0 Å². The third-order valence-electron chi connectivity index (χ3n) is 2.00. The van der Waals surface area contributed by atoms with Gasteiger partial charge in [-0.3, -0.25) is 0 Å². The maximum atomic E-state index is 9.01. The van der Waals surface area contributed by atoms with Crippen LogP contribution in [0.15, 0.2) is 5.38 Å². The predicted octanol–water partition coefficient (Wildman–Crippen LogP) is 1.73. The molecule has 2 N–H and O–H groups in total. The summed E-state index contributed by atoms with van der Waals surface area (Å²) in [5.41, 5.74) is -0.0960. The van der Waals surface area contributed by atoms with E-state index < -0.39 is 0 Å². The van der Waals surface area contributed by atoms with Crippen molar-refractivity contribution in [2.24, 2.45) is 0 Å². The fourth-order valence-corrected chi connectivity index (χ4v) is 1.97. The number of thiazole rings is 1. The van der Waals surface area contributed by atoms with E-state index >= 15 is 0 Å². The smallest absolute Gasteiger partial charge is 0.184 e. The molecule has 1 saturated carbocycles. The molecule has 5 heteroatoms. The van der Waals surface area contributed by atoms with Crippen LogP contribution in [-0.2, 0) is 0 Å². The SMILES string of the molecule is OCC1(Nc2nc(Cl)cs2)CC1. The third-order valence-corrected chi connectivity index (χ3v) is 3.09. The van der Waals surface area contributed by atoms with Crippen molar-refractivity contribution in [3.63, 3.8) is 0 Å². The molecule has 1 aliphatic rings. The van der Waals surface area contributed by atoms with E-state index in [4.69, 9.17) is 16.7 Å². The molecule has 66 valence electrons. The highest BCUT2D eigenvalue weighted by Crippen LogP contribution is 2.39. The maximum absolute atomic E-state index is 9.01. The zero-order valence-electron chi connectivity index (χ0n) is 6.38. The van der Waals surface area contributed by atoms with Gasteiger partial charge in [-0.05, 0) is 12.8 Å². The van der Waals surface area contributed by atoms with E-state index in [1.807, 2.05) is 0 Å². The largest absolute Gasteiger partial charge is 0.394 e. The summed E-state index contributed by atoms with van der Waals surface area (Å²) in [4.78, 5) is 4.05. The van der Waals surface area contributed by atoms with Gasteiger partial charge in [-0.25, -0.2) is 4.98 Å². The van der Waals surface area contributed by atoms with Gasteiger partial charge in [-0.15, -0.1) is 11.3 Å². The Morgan fingerprint density at radius 2 is 2.50 bits per heavy atom. The minimum absolute atomic E-state index is 0.0960. The van der Waals surface area contributed by atoms with Gasteiger partial charge in [0, 0.05) is 5.38 Å². The normalized spacial score (nSPS) is 19.2. The van der Waals surface area contributed by atoms with Gasteiger partial charge in [0.1, 0.15) is 5.15 Å². The molecule has 1 aliphatic carbocycles. The number of nitrogens with one attached hydrogen (secondary N) is 1. The molecule has 12 heavy (non-hydrogen) atoms. The predicted molar refractivity (Wildman–Crippen MR) is 49.8 cm³/mol. The molecular formula is C7H9ClN2OS. The highest BCUT2D eigenvalue weighted by atomic mass is 35.5. The number of hydrogen-bond donors (Lipinski definition) is 2. The minimum Gasteiger partial charge on any atom is -0.394 e. The van der Waals surface area contributed by atoms with E-state index in [1.165, 1.54) is 11.3 Å². The van der Waals surface area contributed by atoms with Gasteiger partial charge in [0.15, 0.2) is 5.13 Å². The highest BCUT2D eigenvalue weighted by Gasteiger charge is 2.42. The summed E-state index contributed by atoms with van der Waals surface area (Å²) >= 11 is 7.12. The summed E-state index contributed by atoms with van der Waals surface area (Å²) in [6.45, 7) is 0.171. The molecule has 0 amide bonds. The molecule has 0 radical (unpaired) electrons. The van der Waals surface area contributed by atoms with Crippen LogP contribution in [0.5, 0.6) is 0 Å². The third kappa shape index (κ3) is 1.55. The molecule has 3 nitrogen and oxygen atoms in total. The van der Waals surface area contributed by atoms with E-state index in [1.54, 1.807) is 5.38 Å².